The van der Waals surface area contributed by atoms with Gasteiger partial charge in [0.05, 0.1) is 0 Å². The van der Waals surface area contributed by atoms with Crippen LogP contribution in [0.4, 0.5) is 4.39 Å². The number of alkyl halides is 1. The summed E-state index contributed by atoms with van der Waals surface area (Å²) in [5.74, 6) is 0.318. The van der Waals surface area contributed by atoms with Gasteiger partial charge in [-0.25, -0.2) is 4.39 Å². The molecule has 13 heavy (non-hydrogen) atoms. The second-order valence-electron chi connectivity index (χ2n) is 3.57. The number of nitrogens with one attached hydrogen (secondary N) is 1. The minimum atomic E-state index is -0.619. The van der Waals surface area contributed by atoms with E-state index in [1.807, 2.05) is 0 Å². The smallest absolute Gasteiger partial charge is 0.243 e. The molecule has 1 saturated carbocycles. The summed E-state index contributed by atoms with van der Waals surface area (Å²) in [5, 5.41) is 2.74. The summed E-state index contributed by atoms with van der Waals surface area (Å²) < 4.78 is 12.7. The van der Waals surface area contributed by atoms with Gasteiger partial charge in [-0.15, -0.1) is 0 Å². The SMILES string of the molecule is C=CC(=O)NCC1CCC(F)CC1. The molecule has 0 atom stereocenters. The van der Waals surface area contributed by atoms with E-state index in [-0.39, 0.29) is 5.91 Å². The van der Waals surface area contributed by atoms with E-state index in [2.05, 4.69) is 11.9 Å². The van der Waals surface area contributed by atoms with Crippen molar-refractivity contribution in [1.82, 2.24) is 5.32 Å². The molecule has 0 aromatic rings. The lowest BCUT2D eigenvalue weighted by molar-refractivity contribution is -0.116. The monoisotopic (exact) mass is 185 g/mol. The third-order valence-corrected chi connectivity index (χ3v) is 2.53. The van der Waals surface area contributed by atoms with Crippen molar-refractivity contribution >= 4 is 5.91 Å². The van der Waals surface area contributed by atoms with Crippen LogP contribution in [0.1, 0.15) is 25.7 Å². The Bertz CT molecular complexity index is 185. The van der Waals surface area contributed by atoms with Gasteiger partial charge in [-0.05, 0) is 37.7 Å². The molecule has 0 aromatic carbocycles. The summed E-state index contributed by atoms with van der Waals surface area (Å²) in [6.07, 6.45) is 3.72. The minimum absolute atomic E-state index is 0.137. The first-order valence-corrected chi connectivity index (χ1v) is 4.76. The molecule has 0 aromatic heterocycles. The van der Waals surface area contributed by atoms with Crippen molar-refractivity contribution in [3.63, 3.8) is 0 Å². The average Bonchev–Trinajstić information content (AvgIpc) is 2.16. The predicted octanol–water partition coefficient (Wildman–Crippen LogP) is 1.82. The first kappa shape index (κ1) is 10.2. The van der Waals surface area contributed by atoms with Crippen molar-refractivity contribution < 1.29 is 9.18 Å². The minimum Gasteiger partial charge on any atom is -0.352 e. The number of carbonyl (C=O) groups is 1. The zero-order valence-corrected chi connectivity index (χ0v) is 7.76. The maximum absolute atomic E-state index is 12.7. The van der Waals surface area contributed by atoms with E-state index in [1.165, 1.54) is 6.08 Å². The molecule has 1 amide bonds. The molecule has 3 heteroatoms. The fourth-order valence-electron chi connectivity index (χ4n) is 1.64. The normalized spacial score (nSPS) is 28.1. The van der Waals surface area contributed by atoms with E-state index >= 15 is 0 Å². The van der Waals surface area contributed by atoms with Crippen LogP contribution in [0.2, 0.25) is 0 Å². The van der Waals surface area contributed by atoms with Crippen LogP contribution < -0.4 is 5.32 Å². The lowest BCUT2D eigenvalue weighted by Crippen LogP contribution is -2.30. The fourth-order valence-corrected chi connectivity index (χ4v) is 1.64. The van der Waals surface area contributed by atoms with Crippen LogP contribution in [0.25, 0.3) is 0 Å². The maximum Gasteiger partial charge on any atom is 0.243 e. The Balaban J connectivity index is 2.15. The topological polar surface area (TPSA) is 29.1 Å². The van der Waals surface area contributed by atoms with E-state index in [9.17, 15) is 9.18 Å². The molecule has 0 bridgehead atoms. The number of hydrogen-bond donors (Lipinski definition) is 1. The zero-order valence-electron chi connectivity index (χ0n) is 7.76. The highest BCUT2D eigenvalue weighted by molar-refractivity contribution is 5.86. The molecule has 0 aliphatic heterocycles. The van der Waals surface area contributed by atoms with Crippen molar-refractivity contribution in [1.29, 1.82) is 0 Å². The molecule has 74 valence electrons. The summed E-state index contributed by atoms with van der Waals surface area (Å²) in [6, 6.07) is 0. The van der Waals surface area contributed by atoms with Gasteiger partial charge in [0.1, 0.15) is 6.17 Å². The van der Waals surface area contributed by atoms with E-state index in [1.54, 1.807) is 0 Å². The zero-order chi connectivity index (χ0) is 9.68. The lowest BCUT2D eigenvalue weighted by Gasteiger charge is -2.23. The van der Waals surface area contributed by atoms with Gasteiger partial charge in [0.15, 0.2) is 0 Å². The number of rotatable bonds is 3. The van der Waals surface area contributed by atoms with Crippen LogP contribution in [0.5, 0.6) is 0 Å². The Hall–Kier alpha value is -0.860. The molecule has 1 N–H and O–H groups in total. The van der Waals surface area contributed by atoms with Crippen molar-refractivity contribution in [3.05, 3.63) is 12.7 Å². The van der Waals surface area contributed by atoms with Crippen LogP contribution in [0.3, 0.4) is 0 Å². The van der Waals surface area contributed by atoms with Gasteiger partial charge >= 0.3 is 0 Å². The molecule has 0 unspecified atom stereocenters. The highest BCUT2D eigenvalue weighted by atomic mass is 19.1. The van der Waals surface area contributed by atoms with Crippen LogP contribution in [0, 0.1) is 5.92 Å². The van der Waals surface area contributed by atoms with Gasteiger partial charge < -0.3 is 5.32 Å². The van der Waals surface area contributed by atoms with Crippen LogP contribution >= 0.6 is 0 Å². The van der Waals surface area contributed by atoms with Gasteiger partial charge in [-0.2, -0.15) is 0 Å². The standard InChI is InChI=1S/C10H16FNO/c1-2-10(13)12-7-8-3-5-9(11)6-4-8/h2,8-9H,1,3-7H2,(H,12,13). The molecule has 0 saturated heterocycles. The molecule has 1 rings (SSSR count). The Labute approximate surface area is 78.2 Å². The van der Waals surface area contributed by atoms with Gasteiger partial charge in [-0.1, -0.05) is 6.58 Å². The van der Waals surface area contributed by atoms with E-state index < -0.39 is 6.17 Å². The van der Waals surface area contributed by atoms with E-state index in [4.69, 9.17) is 0 Å². The van der Waals surface area contributed by atoms with Crippen molar-refractivity contribution in [2.45, 2.75) is 31.9 Å². The Morgan fingerprint density at radius 1 is 1.46 bits per heavy atom. The van der Waals surface area contributed by atoms with Crippen LogP contribution in [-0.2, 0) is 4.79 Å². The summed E-state index contributed by atoms with van der Waals surface area (Å²) in [6.45, 7) is 4.03. The summed E-state index contributed by atoms with van der Waals surface area (Å²) >= 11 is 0. The second kappa shape index (κ2) is 5.00. The second-order valence-corrected chi connectivity index (χ2v) is 3.57. The highest BCUT2D eigenvalue weighted by Gasteiger charge is 2.20. The average molecular weight is 185 g/mol. The Morgan fingerprint density at radius 3 is 2.62 bits per heavy atom. The first-order valence-electron chi connectivity index (χ1n) is 4.76. The molecule has 1 aliphatic carbocycles. The van der Waals surface area contributed by atoms with Gasteiger partial charge in [0, 0.05) is 6.54 Å². The van der Waals surface area contributed by atoms with Crippen molar-refractivity contribution in [2.75, 3.05) is 6.54 Å². The third-order valence-electron chi connectivity index (χ3n) is 2.53. The summed E-state index contributed by atoms with van der Waals surface area (Å²) in [5.41, 5.74) is 0. The third kappa shape index (κ3) is 3.57. The number of halogens is 1. The number of carbonyl (C=O) groups excluding carboxylic acids is 1. The lowest BCUT2D eigenvalue weighted by atomic mass is 9.88. The summed E-state index contributed by atoms with van der Waals surface area (Å²) in [4.78, 5) is 10.8. The summed E-state index contributed by atoms with van der Waals surface area (Å²) in [7, 11) is 0. The molecule has 0 radical (unpaired) electrons. The van der Waals surface area contributed by atoms with Gasteiger partial charge in [0.25, 0.3) is 0 Å². The molecular formula is C10H16FNO. The number of amides is 1. The van der Waals surface area contributed by atoms with Crippen LogP contribution in [0.15, 0.2) is 12.7 Å². The molecule has 1 fully saturated rings. The molecule has 0 spiro atoms. The van der Waals surface area contributed by atoms with E-state index in [0.717, 1.165) is 12.8 Å². The van der Waals surface area contributed by atoms with E-state index in [0.29, 0.717) is 25.3 Å². The van der Waals surface area contributed by atoms with Crippen LogP contribution in [-0.4, -0.2) is 18.6 Å². The van der Waals surface area contributed by atoms with Crippen molar-refractivity contribution in [3.8, 4) is 0 Å². The van der Waals surface area contributed by atoms with Crippen molar-refractivity contribution in [2.24, 2.45) is 5.92 Å². The first-order chi connectivity index (χ1) is 6.22. The predicted molar refractivity (Wildman–Crippen MR) is 50.1 cm³/mol. The van der Waals surface area contributed by atoms with Gasteiger partial charge in [-0.3, -0.25) is 4.79 Å². The highest BCUT2D eigenvalue weighted by Crippen LogP contribution is 2.25. The Kier molecular flexibility index (Phi) is 3.93. The Morgan fingerprint density at radius 2 is 2.08 bits per heavy atom. The molecule has 0 heterocycles. The van der Waals surface area contributed by atoms with Gasteiger partial charge in [0.2, 0.25) is 5.91 Å². The quantitative estimate of drug-likeness (QED) is 0.667. The fraction of sp³-hybridized carbons (Fsp3) is 0.700. The molecule has 1 aliphatic rings. The maximum atomic E-state index is 12.7. The largest absolute Gasteiger partial charge is 0.352 e. The number of hydrogen-bond acceptors (Lipinski definition) is 1. The molecule has 2 nitrogen and oxygen atoms in total. The molecular weight excluding hydrogens is 169 g/mol.